The normalized spacial score (nSPS) is 19.9. The minimum Gasteiger partial charge on any atom is -0.329 e. The molecule has 0 unspecified atom stereocenters. The standard InChI is InChI=1S/C14H30N2/c1-4-16(11-7-8-13(2)3)14(12-15)9-5-6-10-14/h13H,4-12,15H2,1-3H3. The van der Waals surface area contributed by atoms with Gasteiger partial charge in [0, 0.05) is 12.1 Å². The molecule has 2 N–H and O–H groups in total. The average Bonchev–Trinajstić information content (AvgIpc) is 2.73. The monoisotopic (exact) mass is 226 g/mol. The molecule has 1 aliphatic carbocycles. The molecular weight excluding hydrogens is 196 g/mol. The second-order valence-electron chi connectivity index (χ2n) is 5.75. The first kappa shape index (κ1) is 14.0. The SMILES string of the molecule is CCN(CCCC(C)C)C1(CN)CCCC1. The first-order valence-corrected chi connectivity index (χ1v) is 7.10. The number of nitrogens with two attached hydrogens (primary N) is 1. The first-order valence-electron chi connectivity index (χ1n) is 7.10. The van der Waals surface area contributed by atoms with Crippen LogP contribution in [0.15, 0.2) is 0 Å². The summed E-state index contributed by atoms with van der Waals surface area (Å²) >= 11 is 0. The largest absolute Gasteiger partial charge is 0.329 e. The molecule has 0 aromatic heterocycles. The van der Waals surface area contributed by atoms with Crippen molar-refractivity contribution in [2.24, 2.45) is 11.7 Å². The highest BCUT2D eigenvalue weighted by atomic mass is 15.2. The van der Waals surface area contributed by atoms with Crippen LogP contribution < -0.4 is 5.73 Å². The van der Waals surface area contributed by atoms with Gasteiger partial charge in [-0.1, -0.05) is 33.6 Å². The van der Waals surface area contributed by atoms with Gasteiger partial charge in [0.25, 0.3) is 0 Å². The van der Waals surface area contributed by atoms with Crippen molar-refractivity contribution in [3.05, 3.63) is 0 Å². The molecule has 1 fully saturated rings. The predicted octanol–water partition coefficient (Wildman–Crippen LogP) is 3.02. The van der Waals surface area contributed by atoms with Crippen molar-refractivity contribution in [3.8, 4) is 0 Å². The topological polar surface area (TPSA) is 29.3 Å². The number of nitrogens with zero attached hydrogens (tertiary/aromatic N) is 1. The summed E-state index contributed by atoms with van der Waals surface area (Å²) < 4.78 is 0. The number of hydrogen-bond donors (Lipinski definition) is 1. The molecule has 0 aromatic rings. The minimum atomic E-state index is 0.353. The number of hydrogen-bond acceptors (Lipinski definition) is 2. The summed E-state index contributed by atoms with van der Waals surface area (Å²) in [7, 11) is 0. The van der Waals surface area contributed by atoms with E-state index >= 15 is 0 Å². The van der Waals surface area contributed by atoms with Crippen molar-refractivity contribution in [3.63, 3.8) is 0 Å². The summed E-state index contributed by atoms with van der Waals surface area (Å²) in [6.07, 6.45) is 8.05. The lowest BCUT2D eigenvalue weighted by Gasteiger charge is -2.40. The van der Waals surface area contributed by atoms with Crippen LogP contribution >= 0.6 is 0 Å². The molecule has 16 heavy (non-hydrogen) atoms. The third-order valence-corrected chi connectivity index (χ3v) is 4.18. The van der Waals surface area contributed by atoms with Crippen molar-refractivity contribution in [1.29, 1.82) is 0 Å². The van der Waals surface area contributed by atoms with Crippen LogP contribution in [0.25, 0.3) is 0 Å². The molecule has 0 aliphatic heterocycles. The third kappa shape index (κ3) is 3.46. The number of likely N-dealkylation sites (N-methyl/N-ethyl adjacent to an activating group) is 1. The molecule has 0 spiro atoms. The van der Waals surface area contributed by atoms with Gasteiger partial charge >= 0.3 is 0 Å². The average molecular weight is 226 g/mol. The molecule has 2 heteroatoms. The van der Waals surface area contributed by atoms with E-state index in [2.05, 4.69) is 25.7 Å². The molecule has 0 atom stereocenters. The Balaban J connectivity index is 2.44. The smallest absolute Gasteiger partial charge is 0.0331 e. The summed E-state index contributed by atoms with van der Waals surface area (Å²) in [6, 6.07) is 0. The molecule has 96 valence electrons. The van der Waals surface area contributed by atoms with Gasteiger partial charge in [0.05, 0.1) is 0 Å². The Bertz CT molecular complexity index is 183. The molecule has 0 heterocycles. The van der Waals surface area contributed by atoms with Gasteiger partial charge < -0.3 is 5.73 Å². The van der Waals surface area contributed by atoms with E-state index in [9.17, 15) is 0 Å². The Morgan fingerprint density at radius 3 is 2.31 bits per heavy atom. The molecule has 0 saturated heterocycles. The zero-order chi connectivity index (χ0) is 12.0. The second kappa shape index (κ2) is 6.61. The lowest BCUT2D eigenvalue weighted by Crippen LogP contribution is -2.52. The van der Waals surface area contributed by atoms with Crippen molar-refractivity contribution in [2.45, 2.75) is 64.8 Å². The molecular formula is C14H30N2. The molecule has 1 rings (SSSR count). The summed E-state index contributed by atoms with van der Waals surface area (Å²) in [5.74, 6) is 0.830. The summed E-state index contributed by atoms with van der Waals surface area (Å²) in [6.45, 7) is 10.2. The van der Waals surface area contributed by atoms with Gasteiger partial charge in [-0.05, 0) is 44.7 Å². The summed E-state index contributed by atoms with van der Waals surface area (Å²) in [4.78, 5) is 2.66. The maximum atomic E-state index is 6.04. The Morgan fingerprint density at radius 1 is 1.25 bits per heavy atom. The van der Waals surface area contributed by atoms with Crippen LogP contribution in [-0.2, 0) is 0 Å². The highest BCUT2D eigenvalue weighted by molar-refractivity contribution is 4.95. The highest BCUT2D eigenvalue weighted by Crippen LogP contribution is 2.34. The fourth-order valence-electron chi connectivity index (χ4n) is 3.10. The number of rotatable bonds is 7. The Morgan fingerprint density at radius 2 is 1.88 bits per heavy atom. The third-order valence-electron chi connectivity index (χ3n) is 4.18. The zero-order valence-electron chi connectivity index (χ0n) is 11.5. The predicted molar refractivity (Wildman–Crippen MR) is 71.6 cm³/mol. The minimum absolute atomic E-state index is 0.353. The van der Waals surface area contributed by atoms with Gasteiger partial charge in [-0.15, -0.1) is 0 Å². The van der Waals surface area contributed by atoms with Crippen LogP contribution in [0.4, 0.5) is 0 Å². The van der Waals surface area contributed by atoms with E-state index in [-0.39, 0.29) is 0 Å². The molecule has 0 aromatic carbocycles. The van der Waals surface area contributed by atoms with Gasteiger partial charge in [0.1, 0.15) is 0 Å². The van der Waals surface area contributed by atoms with Gasteiger partial charge in [-0.25, -0.2) is 0 Å². The van der Waals surface area contributed by atoms with E-state index in [1.165, 1.54) is 45.1 Å². The van der Waals surface area contributed by atoms with Crippen LogP contribution in [0.5, 0.6) is 0 Å². The van der Waals surface area contributed by atoms with Gasteiger partial charge in [0.15, 0.2) is 0 Å². The van der Waals surface area contributed by atoms with Gasteiger partial charge in [-0.2, -0.15) is 0 Å². The summed E-state index contributed by atoms with van der Waals surface area (Å²) in [5, 5.41) is 0. The van der Waals surface area contributed by atoms with Crippen LogP contribution in [0, 0.1) is 5.92 Å². The molecule has 1 aliphatic rings. The Hall–Kier alpha value is -0.0800. The maximum absolute atomic E-state index is 6.04. The Kier molecular flexibility index (Phi) is 5.77. The van der Waals surface area contributed by atoms with Crippen LogP contribution in [0.3, 0.4) is 0 Å². The van der Waals surface area contributed by atoms with Gasteiger partial charge in [0.2, 0.25) is 0 Å². The second-order valence-corrected chi connectivity index (χ2v) is 5.75. The first-order chi connectivity index (χ1) is 7.64. The lowest BCUT2D eigenvalue weighted by atomic mass is 9.94. The molecule has 0 radical (unpaired) electrons. The van der Waals surface area contributed by atoms with Crippen LogP contribution in [0.2, 0.25) is 0 Å². The van der Waals surface area contributed by atoms with Crippen molar-refractivity contribution >= 4 is 0 Å². The van der Waals surface area contributed by atoms with Gasteiger partial charge in [-0.3, -0.25) is 4.90 Å². The van der Waals surface area contributed by atoms with E-state index in [0.29, 0.717) is 5.54 Å². The molecule has 0 bridgehead atoms. The highest BCUT2D eigenvalue weighted by Gasteiger charge is 2.36. The fraction of sp³-hybridized carbons (Fsp3) is 1.00. The quantitative estimate of drug-likeness (QED) is 0.723. The Labute approximate surface area is 102 Å². The summed E-state index contributed by atoms with van der Waals surface area (Å²) in [5.41, 5.74) is 6.39. The fourth-order valence-corrected chi connectivity index (χ4v) is 3.10. The van der Waals surface area contributed by atoms with Crippen molar-refractivity contribution in [1.82, 2.24) is 4.90 Å². The van der Waals surface area contributed by atoms with E-state index in [1.807, 2.05) is 0 Å². The van der Waals surface area contributed by atoms with E-state index in [1.54, 1.807) is 0 Å². The van der Waals surface area contributed by atoms with E-state index in [0.717, 1.165) is 19.0 Å². The zero-order valence-corrected chi connectivity index (χ0v) is 11.5. The van der Waals surface area contributed by atoms with Crippen molar-refractivity contribution < 1.29 is 0 Å². The molecule has 2 nitrogen and oxygen atoms in total. The van der Waals surface area contributed by atoms with E-state index in [4.69, 9.17) is 5.73 Å². The van der Waals surface area contributed by atoms with Crippen LogP contribution in [-0.4, -0.2) is 30.1 Å². The molecule has 0 amide bonds. The lowest BCUT2D eigenvalue weighted by molar-refractivity contribution is 0.102. The van der Waals surface area contributed by atoms with Crippen molar-refractivity contribution in [2.75, 3.05) is 19.6 Å². The van der Waals surface area contributed by atoms with E-state index < -0.39 is 0 Å². The maximum Gasteiger partial charge on any atom is 0.0331 e. The molecule has 1 saturated carbocycles. The van der Waals surface area contributed by atoms with Crippen LogP contribution in [0.1, 0.15) is 59.3 Å².